The van der Waals surface area contributed by atoms with Gasteiger partial charge in [-0.05, 0) is 43.5 Å². The Bertz CT molecular complexity index is 1210. The average molecular weight is 440 g/mol. The molecule has 0 aliphatic carbocycles. The second kappa shape index (κ2) is 9.22. The molecule has 32 heavy (non-hydrogen) atoms. The summed E-state index contributed by atoms with van der Waals surface area (Å²) in [5, 5.41) is 0. The van der Waals surface area contributed by atoms with E-state index in [1.807, 2.05) is 35.8 Å². The van der Waals surface area contributed by atoms with Crippen LogP contribution in [0.15, 0.2) is 33.9 Å². The largest absolute Gasteiger partial charge is 0.494 e. The molecule has 172 valence electrons. The number of rotatable bonds is 8. The van der Waals surface area contributed by atoms with Gasteiger partial charge < -0.3 is 14.2 Å². The summed E-state index contributed by atoms with van der Waals surface area (Å²) in [5.74, 6) is 1.85. The van der Waals surface area contributed by atoms with Crippen molar-refractivity contribution in [2.24, 2.45) is 13.0 Å². The molecule has 0 amide bonds. The third kappa shape index (κ3) is 3.94. The Morgan fingerprint density at radius 2 is 1.81 bits per heavy atom. The van der Waals surface area contributed by atoms with Crippen molar-refractivity contribution in [1.82, 2.24) is 18.7 Å². The fourth-order valence-corrected chi connectivity index (χ4v) is 4.51. The molecule has 1 aliphatic heterocycles. The number of unbranched alkanes of at least 4 members (excludes halogenated alkanes) is 3. The molecule has 0 spiro atoms. The van der Waals surface area contributed by atoms with E-state index in [9.17, 15) is 9.59 Å². The summed E-state index contributed by atoms with van der Waals surface area (Å²) >= 11 is 0. The molecule has 0 fully saturated rings. The zero-order valence-corrected chi connectivity index (χ0v) is 19.5. The predicted octanol–water partition coefficient (Wildman–Crippen LogP) is 3.66. The minimum absolute atomic E-state index is 0.237. The fraction of sp³-hybridized carbons (Fsp3) is 0.542. The van der Waals surface area contributed by atoms with Crippen LogP contribution in [0.2, 0.25) is 0 Å². The summed E-state index contributed by atoms with van der Waals surface area (Å²) in [6.07, 6.45) is 4.05. The van der Waals surface area contributed by atoms with Crippen LogP contribution >= 0.6 is 0 Å². The summed E-state index contributed by atoms with van der Waals surface area (Å²) in [5.41, 5.74) is 1.42. The van der Waals surface area contributed by atoms with Crippen molar-refractivity contribution < 1.29 is 4.74 Å². The molecule has 8 nitrogen and oxygen atoms in total. The molecule has 4 rings (SSSR count). The van der Waals surface area contributed by atoms with Gasteiger partial charge in [0.05, 0.1) is 6.61 Å². The molecule has 1 aromatic carbocycles. The molecular weight excluding hydrogens is 406 g/mol. The highest BCUT2D eigenvalue weighted by Crippen LogP contribution is 2.33. The number of imidazole rings is 1. The average Bonchev–Trinajstić information content (AvgIpc) is 3.17. The molecule has 0 N–H and O–H groups in total. The van der Waals surface area contributed by atoms with Gasteiger partial charge >= 0.3 is 5.69 Å². The van der Waals surface area contributed by atoms with Crippen LogP contribution in [-0.2, 0) is 20.1 Å². The molecule has 0 saturated carbocycles. The number of aryl methyl sites for hydroxylation is 1. The Balaban J connectivity index is 1.80. The minimum Gasteiger partial charge on any atom is -0.494 e. The molecular formula is C24H33N5O3. The van der Waals surface area contributed by atoms with E-state index in [0.717, 1.165) is 43.7 Å². The number of fused-ring (bicyclic) bond motifs is 3. The smallest absolute Gasteiger partial charge is 0.332 e. The van der Waals surface area contributed by atoms with Gasteiger partial charge in [0.25, 0.3) is 5.56 Å². The second-order valence-electron chi connectivity index (χ2n) is 8.70. The van der Waals surface area contributed by atoms with E-state index in [1.54, 1.807) is 7.05 Å². The lowest BCUT2D eigenvalue weighted by Gasteiger charge is -2.33. The first-order chi connectivity index (χ1) is 15.5. The molecule has 8 heteroatoms. The van der Waals surface area contributed by atoms with Crippen molar-refractivity contribution in [3.63, 3.8) is 0 Å². The Morgan fingerprint density at radius 1 is 1.06 bits per heavy atom. The van der Waals surface area contributed by atoms with Gasteiger partial charge in [-0.1, -0.05) is 33.1 Å². The lowest BCUT2D eigenvalue weighted by molar-refractivity contribution is 0.340. The van der Waals surface area contributed by atoms with Crippen LogP contribution in [0, 0.1) is 5.92 Å². The van der Waals surface area contributed by atoms with Crippen LogP contribution in [-0.4, -0.2) is 31.8 Å². The van der Waals surface area contributed by atoms with E-state index < -0.39 is 0 Å². The molecule has 0 radical (unpaired) electrons. The van der Waals surface area contributed by atoms with Gasteiger partial charge in [-0.3, -0.25) is 13.9 Å². The molecule has 2 aromatic heterocycles. The maximum Gasteiger partial charge on any atom is 0.332 e. The van der Waals surface area contributed by atoms with Crippen LogP contribution in [0.1, 0.15) is 46.5 Å². The molecule has 0 saturated heterocycles. The summed E-state index contributed by atoms with van der Waals surface area (Å²) < 4.78 is 10.5. The van der Waals surface area contributed by atoms with Crippen LogP contribution in [0.25, 0.3) is 11.2 Å². The molecule has 3 aromatic rings. The van der Waals surface area contributed by atoms with Crippen LogP contribution < -0.4 is 20.9 Å². The molecule has 1 unspecified atom stereocenters. The topological polar surface area (TPSA) is 74.3 Å². The molecule has 0 bridgehead atoms. The van der Waals surface area contributed by atoms with Crippen molar-refractivity contribution in [2.75, 3.05) is 18.1 Å². The predicted molar refractivity (Wildman–Crippen MR) is 127 cm³/mol. The summed E-state index contributed by atoms with van der Waals surface area (Å²) in [4.78, 5) is 33.3. The van der Waals surface area contributed by atoms with E-state index in [0.29, 0.717) is 42.7 Å². The van der Waals surface area contributed by atoms with E-state index in [4.69, 9.17) is 9.72 Å². The maximum atomic E-state index is 13.4. The SMILES string of the molecule is CCCCCCn1c(=O)c2c(nc3n2CC(C)CN3c2ccc(OCC)cc2)n(C)c1=O. The Kier molecular flexibility index (Phi) is 6.39. The van der Waals surface area contributed by atoms with Crippen molar-refractivity contribution in [3.8, 4) is 5.75 Å². The number of ether oxygens (including phenoxy) is 1. The van der Waals surface area contributed by atoms with E-state index in [-0.39, 0.29) is 11.2 Å². The number of benzene rings is 1. The second-order valence-corrected chi connectivity index (χ2v) is 8.70. The summed E-state index contributed by atoms with van der Waals surface area (Å²) in [6.45, 7) is 8.83. The first kappa shape index (κ1) is 22.2. The van der Waals surface area contributed by atoms with Gasteiger partial charge in [0, 0.05) is 32.4 Å². The quantitative estimate of drug-likeness (QED) is 0.501. The molecule has 1 aliphatic rings. The number of nitrogens with zero attached hydrogens (tertiary/aromatic N) is 5. The number of hydrogen-bond donors (Lipinski definition) is 0. The molecule has 3 heterocycles. The van der Waals surface area contributed by atoms with Gasteiger partial charge in [-0.15, -0.1) is 0 Å². The van der Waals surface area contributed by atoms with Gasteiger partial charge in [0.1, 0.15) is 5.75 Å². The van der Waals surface area contributed by atoms with Crippen molar-refractivity contribution in [3.05, 3.63) is 45.1 Å². The van der Waals surface area contributed by atoms with Crippen LogP contribution in [0.4, 0.5) is 11.6 Å². The van der Waals surface area contributed by atoms with Crippen LogP contribution in [0.5, 0.6) is 5.75 Å². The molecule has 1 atom stereocenters. The highest BCUT2D eigenvalue weighted by atomic mass is 16.5. The van der Waals surface area contributed by atoms with E-state index in [1.165, 1.54) is 9.13 Å². The van der Waals surface area contributed by atoms with E-state index in [2.05, 4.69) is 18.7 Å². The maximum absolute atomic E-state index is 13.4. The third-order valence-corrected chi connectivity index (χ3v) is 6.14. The Labute approximate surface area is 188 Å². The zero-order valence-electron chi connectivity index (χ0n) is 19.5. The Hall–Kier alpha value is -3.03. The lowest BCUT2D eigenvalue weighted by atomic mass is 10.1. The highest BCUT2D eigenvalue weighted by Gasteiger charge is 2.29. The van der Waals surface area contributed by atoms with Gasteiger partial charge in [0.15, 0.2) is 11.2 Å². The van der Waals surface area contributed by atoms with Crippen molar-refractivity contribution in [1.29, 1.82) is 0 Å². The normalized spacial score (nSPS) is 15.9. The third-order valence-electron chi connectivity index (χ3n) is 6.14. The Morgan fingerprint density at radius 3 is 2.50 bits per heavy atom. The van der Waals surface area contributed by atoms with E-state index >= 15 is 0 Å². The highest BCUT2D eigenvalue weighted by molar-refractivity contribution is 5.77. The van der Waals surface area contributed by atoms with Crippen molar-refractivity contribution in [2.45, 2.75) is 59.5 Å². The first-order valence-electron chi connectivity index (χ1n) is 11.7. The number of anilines is 2. The summed E-state index contributed by atoms with van der Waals surface area (Å²) in [6, 6.07) is 7.92. The van der Waals surface area contributed by atoms with Gasteiger partial charge in [-0.2, -0.15) is 4.98 Å². The first-order valence-corrected chi connectivity index (χ1v) is 11.7. The standard InChI is InChI=1S/C24H33N5O3/c1-5-7-8-9-14-27-22(30)20-21(26(4)24(27)31)25-23-28(15-17(3)16-29(20)23)18-10-12-19(13-11-18)32-6-2/h10-13,17H,5-9,14-16H2,1-4H3. The summed E-state index contributed by atoms with van der Waals surface area (Å²) in [7, 11) is 1.70. The number of aromatic nitrogens is 4. The fourth-order valence-electron chi connectivity index (χ4n) is 4.51. The zero-order chi connectivity index (χ0) is 22.8. The van der Waals surface area contributed by atoms with Crippen LogP contribution in [0.3, 0.4) is 0 Å². The minimum atomic E-state index is -0.296. The van der Waals surface area contributed by atoms with Gasteiger partial charge in [0.2, 0.25) is 5.95 Å². The van der Waals surface area contributed by atoms with Gasteiger partial charge in [-0.25, -0.2) is 4.79 Å². The van der Waals surface area contributed by atoms with Crippen molar-refractivity contribution >= 4 is 22.8 Å². The monoisotopic (exact) mass is 439 g/mol. The lowest BCUT2D eigenvalue weighted by Crippen LogP contribution is -2.40. The number of hydrogen-bond acceptors (Lipinski definition) is 5.